The monoisotopic (exact) mass is 398 g/mol. The number of methoxy groups -OCH3 is 2. The molecule has 28 heavy (non-hydrogen) atoms. The summed E-state index contributed by atoms with van der Waals surface area (Å²) >= 11 is 1.42. The van der Waals surface area contributed by atoms with Gasteiger partial charge >= 0.3 is 0 Å². The van der Waals surface area contributed by atoms with Crippen molar-refractivity contribution in [3.8, 4) is 22.8 Å². The summed E-state index contributed by atoms with van der Waals surface area (Å²) in [7, 11) is 6.95. The molecule has 0 aliphatic carbocycles. The Kier molecular flexibility index (Phi) is 5.79. The van der Waals surface area contributed by atoms with E-state index in [1.165, 1.54) is 11.3 Å². The Morgan fingerprint density at radius 3 is 2.54 bits per heavy atom. The minimum absolute atomic E-state index is 0.224. The number of pyridine rings is 1. The smallest absolute Gasteiger partial charge is 0.257 e. The van der Waals surface area contributed by atoms with E-state index in [1.807, 2.05) is 44.1 Å². The number of anilines is 2. The van der Waals surface area contributed by atoms with Crippen LogP contribution >= 0.6 is 11.3 Å². The van der Waals surface area contributed by atoms with Crippen LogP contribution in [0.2, 0.25) is 0 Å². The third-order valence-electron chi connectivity index (χ3n) is 4.14. The number of hydrogen-bond acceptors (Lipinski definition) is 7. The molecule has 146 valence electrons. The van der Waals surface area contributed by atoms with E-state index in [4.69, 9.17) is 9.47 Å². The zero-order chi connectivity index (χ0) is 20.3. The van der Waals surface area contributed by atoms with E-state index in [9.17, 15) is 4.79 Å². The second-order valence-corrected chi connectivity index (χ2v) is 7.45. The van der Waals surface area contributed by atoms with Crippen LogP contribution < -0.4 is 19.7 Å². The number of carbonyl (C=O) groups is 1. The third-order valence-corrected chi connectivity index (χ3v) is 5.03. The van der Waals surface area contributed by atoms with Crippen molar-refractivity contribution in [3.63, 3.8) is 0 Å². The van der Waals surface area contributed by atoms with Gasteiger partial charge < -0.3 is 14.4 Å². The fourth-order valence-corrected chi connectivity index (χ4v) is 3.51. The van der Waals surface area contributed by atoms with Gasteiger partial charge in [0.25, 0.3) is 5.91 Å². The summed E-state index contributed by atoms with van der Waals surface area (Å²) in [5.74, 6) is 1.78. The third kappa shape index (κ3) is 4.07. The molecule has 8 heteroatoms. The van der Waals surface area contributed by atoms with Gasteiger partial charge in [0.2, 0.25) is 0 Å². The molecule has 3 rings (SSSR count). The van der Waals surface area contributed by atoms with Gasteiger partial charge in [0, 0.05) is 36.3 Å². The summed E-state index contributed by atoms with van der Waals surface area (Å²) < 4.78 is 10.7. The molecule has 7 nitrogen and oxygen atoms in total. The highest BCUT2D eigenvalue weighted by Gasteiger charge is 2.15. The van der Waals surface area contributed by atoms with E-state index in [-0.39, 0.29) is 5.91 Å². The molecular weight excluding hydrogens is 376 g/mol. The van der Waals surface area contributed by atoms with Crippen molar-refractivity contribution in [2.24, 2.45) is 0 Å². The lowest BCUT2D eigenvalue weighted by atomic mass is 10.1. The number of hydrogen-bond donors (Lipinski definition) is 1. The molecule has 3 aromatic rings. The van der Waals surface area contributed by atoms with Gasteiger partial charge in [-0.05, 0) is 37.3 Å². The minimum atomic E-state index is -0.224. The zero-order valence-electron chi connectivity index (χ0n) is 16.4. The zero-order valence-corrected chi connectivity index (χ0v) is 17.3. The Morgan fingerprint density at radius 1 is 1.11 bits per heavy atom. The van der Waals surface area contributed by atoms with Crippen molar-refractivity contribution in [2.75, 3.05) is 38.5 Å². The minimum Gasteiger partial charge on any atom is -0.493 e. The number of nitrogens with zero attached hydrogens (tertiary/aromatic N) is 3. The van der Waals surface area contributed by atoms with E-state index in [2.05, 4.69) is 15.3 Å². The number of ether oxygens (including phenoxy) is 2. The van der Waals surface area contributed by atoms with Crippen molar-refractivity contribution in [3.05, 3.63) is 47.0 Å². The molecule has 1 aromatic carbocycles. The first-order valence-electron chi connectivity index (χ1n) is 8.57. The first kappa shape index (κ1) is 19.6. The maximum absolute atomic E-state index is 12.6. The van der Waals surface area contributed by atoms with Gasteiger partial charge in [-0.15, -0.1) is 11.3 Å². The molecular formula is C20H22N4O3S. The van der Waals surface area contributed by atoms with Gasteiger partial charge in [0.05, 0.1) is 19.9 Å². The second-order valence-electron chi connectivity index (χ2n) is 6.24. The van der Waals surface area contributed by atoms with Crippen LogP contribution in [0.15, 0.2) is 36.5 Å². The van der Waals surface area contributed by atoms with Crippen molar-refractivity contribution in [2.45, 2.75) is 6.92 Å². The first-order chi connectivity index (χ1) is 13.4. The lowest BCUT2D eigenvalue weighted by molar-refractivity contribution is 0.102. The first-order valence-corrected chi connectivity index (χ1v) is 9.39. The summed E-state index contributed by atoms with van der Waals surface area (Å²) in [4.78, 5) is 24.3. The van der Waals surface area contributed by atoms with Gasteiger partial charge in [-0.2, -0.15) is 0 Å². The molecule has 0 atom stereocenters. The normalized spacial score (nSPS) is 10.5. The van der Waals surface area contributed by atoms with Crippen LogP contribution in [0.4, 0.5) is 10.9 Å². The number of aryl methyl sites for hydroxylation is 1. The largest absolute Gasteiger partial charge is 0.493 e. The lowest BCUT2D eigenvalue weighted by Gasteiger charge is -2.11. The molecule has 0 aliphatic rings. The van der Waals surface area contributed by atoms with Gasteiger partial charge in [0.15, 0.2) is 16.6 Å². The van der Waals surface area contributed by atoms with E-state index >= 15 is 0 Å². The number of amides is 1. The van der Waals surface area contributed by atoms with Crippen LogP contribution in [0.1, 0.15) is 15.2 Å². The Morgan fingerprint density at radius 2 is 1.86 bits per heavy atom. The number of rotatable bonds is 6. The predicted octanol–water partition coefficient (Wildman–Crippen LogP) is 3.85. The Labute approximate surface area is 168 Å². The fourth-order valence-electron chi connectivity index (χ4n) is 2.67. The molecule has 0 radical (unpaired) electrons. The second kappa shape index (κ2) is 8.26. The van der Waals surface area contributed by atoms with Crippen molar-refractivity contribution >= 4 is 28.2 Å². The van der Waals surface area contributed by atoms with Crippen molar-refractivity contribution < 1.29 is 14.3 Å². The standard InChI is InChI=1S/C20H22N4O3S/c1-12-18(13-6-7-15(26-4)16(10-13)27-5)22-20(28-12)23-19(25)14-8-9-21-17(11-14)24(2)3/h6-11H,1-5H3,(H,22,23,25). The molecule has 0 spiro atoms. The van der Waals surface area contributed by atoms with Crippen LogP contribution in [-0.4, -0.2) is 44.2 Å². The van der Waals surface area contributed by atoms with Crippen LogP contribution in [-0.2, 0) is 0 Å². The van der Waals surface area contributed by atoms with E-state index in [0.717, 1.165) is 16.1 Å². The maximum atomic E-state index is 12.6. The molecule has 0 saturated heterocycles. The lowest BCUT2D eigenvalue weighted by Crippen LogP contribution is -2.15. The van der Waals surface area contributed by atoms with Crippen molar-refractivity contribution in [1.82, 2.24) is 9.97 Å². The molecule has 0 fully saturated rings. The topological polar surface area (TPSA) is 76.6 Å². The number of benzene rings is 1. The highest BCUT2D eigenvalue weighted by molar-refractivity contribution is 7.16. The van der Waals surface area contributed by atoms with E-state index < -0.39 is 0 Å². The van der Waals surface area contributed by atoms with Crippen LogP contribution in [0, 0.1) is 6.92 Å². The predicted molar refractivity (Wildman–Crippen MR) is 112 cm³/mol. The van der Waals surface area contributed by atoms with Gasteiger partial charge in [0.1, 0.15) is 5.82 Å². The molecule has 1 amide bonds. The molecule has 0 bridgehead atoms. The highest BCUT2D eigenvalue weighted by Crippen LogP contribution is 2.36. The van der Waals surface area contributed by atoms with E-state index in [0.29, 0.717) is 28.0 Å². The Bertz CT molecular complexity index is 1000. The molecule has 0 aliphatic heterocycles. The van der Waals surface area contributed by atoms with Crippen LogP contribution in [0.5, 0.6) is 11.5 Å². The van der Waals surface area contributed by atoms with Crippen LogP contribution in [0.25, 0.3) is 11.3 Å². The Hall–Kier alpha value is -3.13. The Balaban J connectivity index is 1.85. The van der Waals surface area contributed by atoms with Gasteiger partial charge in [-0.1, -0.05) is 0 Å². The molecule has 2 aromatic heterocycles. The SMILES string of the molecule is COc1ccc(-c2nc(NC(=O)c3ccnc(N(C)C)c3)sc2C)cc1OC. The summed E-state index contributed by atoms with van der Waals surface area (Å²) in [6.07, 6.45) is 1.62. The average Bonchev–Trinajstić information content (AvgIpc) is 3.07. The molecule has 1 N–H and O–H groups in total. The summed E-state index contributed by atoms with van der Waals surface area (Å²) in [5, 5.41) is 3.41. The number of nitrogens with one attached hydrogen (secondary N) is 1. The summed E-state index contributed by atoms with van der Waals surface area (Å²) in [5.41, 5.74) is 2.22. The van der Waals surface area contributed by atoms with Crippen LogP contribution in [0.3, 0.4) is 0 Å². The summed E-state index contributed by atoms with van der Waals surface area (Å²) in [6, 6.07) is 9.05. The van der Waals surface area contributed by atoms with Crippen molar-refractivity contribution in [1.29, 1.82) is 0 Å². The van der Waals surface area contributed by atoms with Gasteiger partial charge in [-0.25, -0.2) is 9.97 Å². The molecule has 2 heterocycles. The highest BCUT2D eigenvalue weighted by atomic mass is 32.1. The summed E-state index contributed by atoms with van der Waals surface area (Å²) in [6.45, 7) is 1.97. The maximum Gasteiger partial charge on any atom is 0.257 e. The molecule has 0 unspecified atom stereocenters. The molecule has 0 saturated carbocycles. The number of thiazole rings is 1. The van der Waals surface area contributed by atoms with E-state index in [1.54, 1.807) is 32.5 Å². The number of aromatic nitrogens is 2. The quantitative estimate of drug-likeness (QED) is 0.680. The fraction of sp³-hybridized carbons (Fsp3) is 0.250. The average molecular weight is 398 g/mol. The number of carbonyl (C=O) groups excluding carboxylic acids is 1. The van der Waals surface area contributed by atoms with Gasteiger partial charge in [-0.3, -0.25) is 10.1 Å².